The first-order valence-electron chi connectivity index (χ1n) is 11.8. The summed E-state index contributed by atoms with van der Waals surface area (Å²) in [6.45, 7) is 7.59. The van der Waals surface area contributed by atoms with Gasteiger partial charge in [0, 0.05) is 32.1 Å². The maximum absolute atomic E-state index is 13.2. The van der Waals surface area contributed by atoms with Crippen molar-refractivity contribution >= 4 is 11.9 Å². The number of likely N-dealkylation sites (tertiary alicyclic amines) is 1. The van der Waals surface area contributed by atoms with Gasteiger partial charge in [-0.1, -0.05) is 39.0 Å². The third-order valence-electron chi connectivity index (χ3n) is 6.64. The number of aliphatic carboxylic acids is 1. The molecule has 4 rings (SSSR count). The Labute approximate surface area is 206 Å². The van der Waals surface area contributed by atoms with Crippen molar-refractivity contribution in [3.8, 4) is 17.2 Å². The molecule has 2 aliphatic heterocycles. The average Bonchev–Trinajstić information content (AvgIpc) is 3.42. The van der Waals surface area contributed by atoms with Gasteiger partial charge in [-0.05, 0) is 40.8 Å². The van der Waals surface area contributed by atoms with Gasteiger partial charge in [0.2, 0.25) is 12.7 Å². The molecule has 0 radical (unpaired) electrons. The summed E-state index contributed by atoms with van der Waals surface area (Å²) in [5, 5.41) is 10.4. The summed E-state index contributed by atoms with van der Waals surface area (Å²) in [4.78, 5) is 29.6. The number of carboxylic acid groups (broad SMARTS) is 1. The van der Waals surface area contributed by atoms with Crippen molar-refractivity contribution in [1.82, 2.24) is 9.80 Å². The summed E-state index contributed by atoms with van der Waals surface area (Å²) in [6.07, 6.45) is 0. The van der Waals surface area contributed by atoms with Gasteiger partial charge >= 0.3 is 5.97 Å². The van der Waals surface area contributed by atoms with Crippen LogP contribution in [-0.2, 0) is 9.59 Å². The van der Waals surface area contributed by atoms with E-state index >= 15 is 0 Å². The zero-order valence-corrected chi connectivity index (χ0v) is 21.0. The van der Waals surface area contributed by atoms with Crippen molar-refractivity contribution in [2.45, 2.75) is 32.7 Å². The Balaban J connectivity index is 1.69. The molecular weight excluding hydrogens is 448 g/mol. The molecule has 1 saturated heterocycles. The Morgan fingerprint density at radius 3 is 2.37 bits per heavy atom. The molecule has 2 unspecified atom stereocenters. The lowest BCUT2D eigenvalue weighted by molar-refractivity contribution is -0.143. The first-order valence-corrected chi connectivity index (χ1v) is 11.8. The Bertz CT molecular complexity index is 1080. The van der Waals surface area contributed by atoms with Crippen molar-refractivity contribution < 1.29 is 28.9 Å². The van der Waals surface area contributed by atoms with Gasteiger partial charge in [-0.3, -0.25) is 14.5 Å². The molecule has 2 heterocycles. The van der Waals surface area contributed by atoms with Crippen LogP contribution in [0.5, 0.6) is 17.2 Å². The number of methoxy groups -OCH3 is 1. The number of likely N-dealkylation sites (N-methyl/N-ethyl adjacent to an activating group) is 1. The van der Waals surface area contributed by atoms with E-state index in [1.165, 1.54) is 0 Å². The van der Waals surface area contributed by atoms with Crippen molar-refractivity contribution in [1.29, 1.82) is 0 Å². The summed E-state index contributed by atoms with van der Waals surface area (Å²) in [5.74, 6) is -0.0357. The van der Waals surface area contributed by atoms with Gasteiger partial charge in [0.25, 0.3) is 0 Å². The molecule has 1 amide bonds. The second-order valence-corrected chi connectivity index (χ2v) is 10.5. The van der Waals surface area contributed by atoms with Gasteiger partial charge in [0.1, 0.15) is 5.75 Å². The highest BCUT2D eigenvalue weighted by atomic mass is 16.7. The Kier molecular flexibility index (Phi) is 6.94. The van der Waals surface area contributed by atoms with E-state index in [2.05, 4.69) is 20.8 Å². The van der Waals surface area contributed by atoms with E-state index in [1.54, 1.807) is 19.1 Å². The number of fused-ring (bicyclic) bond motifs is 1. The molecule has 188 valence electrons. The first-order chi connectivity index (χ1) is 16.6. The zero-order valence-electron chi connectivity index (χ0n) is 21.0. The fourth-order valence-corrected chi connectivity index (χ4v) is 5.17. The fourth-order valence-electron chi connectivity index (χ4n) is 5.17. The van der Waals surface area contributed by atoms with Crippen molar-refractivity contribution in [2.75, 3.05) is 40.6 Å². The second-order valence-electron chi connectivity index (χ2n) is 10.5. The number of amides is 1. The van der Waals surface area contributed by atoms with Crippen LogP contribution in [0.2, 0.25) is 0 Å². The number of ether oxygens (including phenoxy) is 3. The number of rotatable bonds is 7. The van der Waals surface area contributed by atoms with Gasteiger partial charge < -0.3 is 24.2 Å². The van der Waals surface area contributed by atoms with Gasteiger partial charge in [-0.15, -0.1) is 0 Å². The quantitative estimate of drug-likeness (QED) is 0.643. The monoisotopic (exact) mass is 482 g/mol. The smallest absolute Gasteiger partial charge is 0.309 e. The molecule has 2 aliphatic rings. The molecule has 0 spiro atoms. The van der Waals surface area contributed by atoms with Gasteiger partial charge in [0.05, 0.1) is 19.6 Å². The van der Waals surface area contributed by atoms with Gasteiger partial charge in [-0.2, -0.15) is 0 Å². The number of carboxylic acids is 1. The Morgan fingerprint density at radius 1 is 1.09 bits per heavy atom. The number of hydrogen-bond donors (Lipinski definition) is 1. The molecule has 2 aromatic rings. The molecule has 0 aromatic heterocycles. The molecule has 8 heteroatoms. The summed E-state index contributed by atoms with van der Waals surface area (Å²) in [6, 6.07) is 12.5. The standard InChI is InChI=1S/C27H34N2O6/c1-27(2,3)15-28(4)23(30)14-29-13-20(18-8-11-21-22(12-18)35-16-34-21)24(26(31)32)25(29)17-6-9-19(33-5)10-7-17/h6-12,20,24-25H,13-16H2,1-5H3,(H,31,32)/t20?,24?,25-/m1/s1. The third kappa shape index (κ3) is 5.37. The average molecular weight is 483 g/mol. The maximum Gasteiger partial charge on any atom is 0.309 e. The van der Waals surface area contributed by atoms with Crippen LogP contribution in [0.3, 0.4) is 0 Å². The van der Waals surface area contributed by atoms with E-state index in [-0.39, 0.29) is 30.6 Å². The van der Waals surface area contributed by atoms with Crippen LogP contribution in [0, 0.1) is 11.3 Å². The minimum Gasteiger partial charge on any atom is -0.497 e. The van der Waals surface area contributed by atoms with Crippen LogP contribution < -0.4 is 14.2 Å². The lowest BCUT2D eigenvalue weighted by Gasteiger charge is -2.31. The van der Waals surface area contributed by atoms with E-state index in [4.69, 9.17) is 14.2 Å². The topological polar surface area (TPSA) is 88.5 Å². The molecule has 0 aliphatic carbocycles. The van der Waals surface area contributed by atoms with E-state index in [0.717, 1.165) is 11.1 Å². The summed E-state index contributed by atoms with van der Waals surface area (Å²) < 4.78 is 16.3. The summed E-state index contributed by atoms with van der Waals surface area (Å²) >= 11 is 0. The van der Waals surface area contributed by atoms with Crippen LogP contribution in [0.1, 0.15) is 43.9 Å². The number of benzene rings is 2. The van der Waals surface area contributed by atoms with Crippen molar-refractivity contribution in [3.05, 3.63) is 53.6 Å². The third-order valence-corrected chi connectivity index (χ3v) is 6.64. The van der Waals surface area contributed by atoms with E-state index in [1.807, 2.05) is 47.4 Å². The van der Waals surface area contributed by atoms with Crippen LogP contribution in [0.15, 0.2) is 42.5 Å². The molecule has 35 heavy (non-hydrogen) atoms. The molecule has 1 N–H and O–H groups in total. The molecule has 3 atom stereocenters. The van der Waals surface area contributed by atoms with Crippen molar-refractivity contribution in [2.24, 2.45) is 11.3 Å². The number of carbonyl (C=O) groups is 2. The van der Waals surface area contributed by atoms with Gasteiger partial charge in [0.15, 0.2) is 11.5 Å². The minimum absolute atomic E-state index is 0.0334. The second kappa shape index (κ2) is 9.77. The molecular formula is C27H34N2O6. The predicted octanol–water partition coefficient (Wildman–Crippen LogP) is 3.77. The van der Waals surface area contributed by atoms with Gasteiger partial charge in [-0.25, -0.2) is 0 Å². The SMILES string of the molecule is COc1ccc([C@@H]2C(C(=O)O)C(c3ccc4c(c3)OCO4)CN2CC(=O)N(C)CC(C)(C)C)cc1. The lowest BCUT2D eigenvalue weighted by atomic mass is 9.82. The highest BCUT2D eigenvalue weighted by Gasteiger charge is 2.48. The fraction of sp³-hybridized carbons (Fsp3) is 0.481. The Hall–Kier alpha value is -3.26. The molecule has 8 nitrogen and oxygen atoms in total. The largest absolute Gasteiger partial charge is 0.497 e. The molecule has 1 fully saturated rings. The zero-order chi connectivity index (χ0) is 25.3. The summed E-state index contributed by atoms with van der Waals surface area (Å²) in [5.41, 5.74) is 1.66. The van der Waals surface area contributed by atoms with Crippen LogP contribution >= 0.6 is 0 Å². The van der Waals surface area contributed by atoms with Crippen LogP contribution in [0.25, 0.3) is 0 Å². The lowest BCUT2D eigenvalue weighted by Crippen LogP contribution is -2.42. The predicted molar refractivity (Wildman–Crippen MR) is 131 cm³/mol. The molecule has 0 bridgehead atoms. The summed E-state index contributed by atoms with van der Waals surface area (Å²) in [7, 11) is 3.40. The Morgan fingerprint density at radius 2 is 1.74 bits per heavy atom. The van der Waals surface area contributed by atoms with E-state index < -0.39 is 17.9 Å². The normalized spacial score (nSPS) is 21.7. The highest BCUT2D eigenvalue weighted by molar-refractivity contribution is 5.79. The molecule has 2 aromatic carbocycles. The van der Waals surface area contributed by atoms with Crippen LogP contribution in [0.4, 0.5) is 0 Å². The minimum atomic E-state index is -0.897. The first kappa shape index (κ1) is 24.9. The van der Waals surface area contributed by atoms with Crippen LogP contribution in [-0.4, -0.2) is 67.4 Å². The highest BCUT2D eigenvalue weighted by Crippen LogP contribution is 2.47. The number of hydrogen-bond acceptors (Lipinski definition) is 6. The van der Waals surface area contributed by atoms with E-state index in [0.29, 0.717) is 30.3 Å². The number of carbonyl (C=O) groups excluding carboxylic acids is 1. The van der Waals surface area contributed by atoms with Crippen molar-refractivity contribution in [3.63, 3.8) is 0 Å². The number of nitrogens with zero attached hydrogens (tertiary/aromatic N) is 2. The van der Waals surface area contributed by atoms with E-state index in [9.17, 15) is 14.7 Å². The maximum atomic E-state index is 13.2. The molecule has 0 saturated carbocycles.